The van der Waals surface area contributed by atoms with Crippen LogP contribution in [0.15, 0.2) is 34.9 Å². The van der Waals surface area contributed by atoms with Crippen LogP contribution in [0.1, 0.15) is 10.5 Å². The lowest BCUT2D eigenvalue weighted by atomic mass is 10.2. The topological polar surface area (TPSA) is 85.1 Å². The smallest absolute Gasteiger partial charge is 0.296 e. The molecule has 108 valence electrons. The summed E-state index contributed by atoms with van der Waals surface area (Å²) >= 11 is 3.05. The molecule has 0 aliphatic carbocycles. The number of nitrogens with one attached hydrogen (secondary N) is 1. The SMILES string of the molecule is O=C(Nc1c([N+](=O)[O-])ccc(F)c1F)c1cccc(Br)n1. The molecule has 9 heteroatoms. The highest BCUT2D eigenvalue weighted by atomic mass is 79.9. The number of nitro groups is 1. The number of nitro benzene ring substituents is 1. The van der Waals surface area contributed by atoms with Crippen molar-refractivity contribution in [3.63, 3.8) is 0 Å². The summed E-state index contributed by atoms with van der Waals surface area (Å²) in [6.07, 6.45) is 0. The summed E-state index contributed by atoms with van der Waals surface area (Å²) in [7, 11) is 0. The van der Waals surface area contributed by atoms with E-state index >= 15 is 0 Å². The second-order valence-corrected chi connectivity index (χ2v) is 4.62. The Bertz CT molecular complexity index is 740. The van der Waals surface area contributed by atoms with Gasteiger partial charge in [0.2, 0.25) is 0 Å². The molecule has 1 N–H and O–H groups in total. The van der Waals surface area contributed by atoms with Gasteiger partial charge < -0.3 is 5.32 Å². The maximum Gasteiger partial charge on any atom is 0.296 e. The minimum atomic E-state index is -1.51. The zero-order valence-electron chi connectivity index (χ0n) is 10.1. The first kappa shape index (κ1) is 15.0. The van der Waals surface area contributed by atoms with Gasteiger partial charge in [0.05, 0.1) is 4.92 Å². The van der Waals surface area contributed by atoms with Gasteiger partial charge in [0.1, 0.15) is 10.3 Å². The first-order valence-electron chi connectivity index (χ1n) is 5.46. The minimum absolute atomic E-state index is 0.109. The number of hydrogen-bond donors (Lipinski definition) is 1. The van der Waals surface area contributed by atoms with Gasteiger partial charge in [-0.05, 0) is 34.1 Å². The lowest BCUT2D eigenvalue weighted by Gasteiger charge is -2.07. The van der Waals surface area contributed by atoms with E-state index in [9.17, 15) is 23.7 Å². The number of hydrogen-bond acceptors (Lipinski definition) is 4. The second-order valence-electron chi connectivity index (χ2n) is 3.81. The molecule has 0 saturated heterocycles. The molecule has 1 amide bonds. The van der Waals surface area contributed by atoms with E-state index in [1.165, 1.54) is 12.1 Å². The number of nitrogens with zero attached hydrogens (tertiary/aromatic N) is 2. The molecule has 21 heavy (non-hydrogen) atoms. The Kier molecular flexibility index (Phi) is 4.22. The van der Waals surface area contributed by atoms with E-state index in [4.69, 9.17) is 0 Å². The minimum Gasteiger partial charge on any atom is -0.312 e. The van der Waals surface area contributed by atoms with E-state index in [1.807, 2.05) is 5.32 Å². The van der Waals surface area contributed by atoms with Crippen molar-refractivity contribution < 1.29 is 18.5 Å². The Morgan fingerprint density at radius 3 is 2.62 bits per heavy atom. The van der Waals surface area contributed by atoms with Gasteiger partial charge in [-0.15, -0.1) is 0 Å². The van der Waals surface area contributed by atoms with Crippen molar-refractivity contribution in [2.45, 2.75) is 0 Å². The van der Waals surface area contributed by atoms with Crippen LogP contribution in [0.4, 0.5) is 20.2 Å². The highest BCUT2D eigenvalue weighted by Gasteiger charge is 2.24. The highest BCUT2D eigenvalue weighted by Crippen LogP contribution is 2.29. The molecule has 0 bridgehead atoms. The van der Waals surface area contributed by atoms with Crippen LogP contribution in [0.5, 0.6) is 0 Å². The summed E-state index contributed by atoms with van der Waals surface area (Å²) in [6.45, 7) is 0. The molecule has 0 atom stereocenters. The van der Waals surface area contributed by atoms with Crippen molar-refractivity contribution >= 4 is 33.2 Å². The molecule has 2 aromatic rings. The largest absolute Gasteiger partial charge is 0.312 e. The van der Waals surface area contributed by atoms with Crippen molar-refractivity contribution in [1.82, 2.24) is 4.98 Å². The monoisotopic (exact) mass is 357 g/mol. The average molecular weight is 358 g/mol. The van der Waals surface area contributed by atoms with E-state index in [0.717, 1.165) is 6.07 Å². The molecule has 1 aromatic carbocycles. The average Bonchev–Trinajstić information content (AvgIpc) is 2.43. The molecule has 0 spiro atoms. The number of anilines is 1. The van der Waals surface area contributed by atoms with Gasteiger partial charge in [-0.25, -0.2) is 13.8 Å². The number of halogens is 3. The summed E-state index contributed by atoms with van der Waals surface area (Å²) in [6, 6.07) is 5.76. The van der Waals surface area contributed by atoms with Gasteiger partial charge in [-0.2, -0.15) is 0 Å². The van der Waals surface area contributed by atoms with Crippen LogP contribution in [0.2, 0.25) is 0 Å². The molecule has 0 radical (unpaired) electrons. The number of benzene rings is 1. The molecule has 0 aliphatic rings. The third-order valence-electron chi connectivity index (χ3n) is 2.46. The van der Waals surface area contributed by atoms with Crippen LogP contribution >= 0.6 is 15.9 Å². The second kappa shape index (κ2) is 5.92. The molecule has 1 heterocycles. The molecular weight excluding hydrogens is 352 g/mol. The van der Waals surface area contributed by atoms with Gasteiger partial charge in [0.15, 0.2) is 17.3 Å². The summed E-state index contributed by atoms with van der Waals surface area (Å²) in [4.78, 5) is 25.6. The molecular formula is C12H6BrF2N3O3. The fourth-order valence-electron chi connectivity index (χ4n) is 1.52. The van der Waals surface area contributed by atoms with Gasteiger partial charge in [0, 0.05) is 6.07 Å². The fraction of sp³-hybridized carbons (Fsp3) is 0. The summed E-state index contributed by atoms with van der Waals surface area (Å²) < 4.78 is 27.2. The molecule has 6 nitrogen and oxygen atoms in total. The third kappa shape index (κ3) is 3.19. The Balaban J connectivity index is 2.41. The van der Waals surface area contributed by atoms with E-state index in [1.54, 1.807) is 6.07 Å². The summed E-state index contributed by atoms with van der Waals surface area (Å²) in [5.74, 6) is -3.71. The zero-order chi connectivity index (χ0) is 15.6. The van der Waals surface area contributed by atoms with Crippen molar-refractivity contribution in [3.05, 3.63) is 62.4 Å². The number of carbonyl (C=O) groups is 1. The number of rotatable bonds is 3. The van der Waals surface area contributed by atoms with Crippen LogP contribution in [-0.2, 0) is 0 Å². The van der Waals surface area contributed by atoms with Gasteiger partial charge in [0.25, 0.3) is 11.6 Å². The number of pyridine rings is 1. The van der Waals surface area contributed by atoms with E-state index < -0.39 is 33.8 Å². The van der Waals surface area contributed by atoms with Gasteiger partial charge in [-0.1, -0.05) is 6.07 Å². The zero-order valence-corrected chi connectivity index (χ0v) is 11.7. The third-order valence-corrected chi connectivity index (χ3v) is 2.90. The standard InChI is InChI=1S/C12H6BrF2N3O3/c13-9-3-1-2-7(16-9)12(19)17-11-8(18(20)21)5-4-6(14)10(11)15/h1-5H,(H,17,19). The quantitative estimate of drug-likeness (QED) is 0.518. The van der Waals surface area contributed by atoms with E-state index in [2.05, 4.69) is 20.9 Å². The molecule has 0 unspecified atom stereocenters. The van der Waals surface area contributed by atoms with Crippen molar-refractivity contribution in [2.24, 2.45) is 0 Å². The predicted octanol–water partition coefficient (Wildman–Crippen LogP) is 3.28. The maximum absolute atomic E-state index is 13.7. The highest BCUT2D eigenvalue weighted by molar-refractivity contribution is 9.10. The lowest BCUT2D eigenvalue weighted by Crippen LogP contribution is -2.16. The molecule has 0 fully saturated rings. The first-order chi connectivity index (χ1) is 9.90. The number of carbonyl (C=O) groups excluding carboxylic acids is 1. The first-order valence-corrected chi connectivity index (χ1v) is 6.25. The van der Waals surface area contributed by atoms with Gasteiger partial charge >= 0.3 is 0 Å². The summed E-state index contributed by atoms with van der Waals surface area (Å²) in [5, 5.41) is 12.8. The molecule has 2 rings (SSSR count). The number of amides is 1. The van der Waals surface area contributed by atoms with Crippen LogP contribution in [0, 0.1) is 21.7 Å². The van der Waals surface area contributed by atoms with Crippen molar-refractivity contribution in [2.75, 3.05) is 5.32 Å². The van der Waals surface area contributed by atoms with Crippen LogP contribution in [0.25, 0.3) is 0 Å². The van der Waals surface area contributed by atoms with E-state index in [-0.39, 0.29) is 5.69 Å². The Hall–Kier alpha value is -2.42. The van der Waals surface area contributed by atoms with Crippen molar-refractivity contribution in [3.8, 4) is 0 Å². The van der Waals surface area contributed by atoms with Crippen LogP contribution in [0.3, 0.4) is 0 Å². The summed E-state index contributed by atoms with van der Waals surface area (Å²) in [5.41, 5.74) is -1.70. The molecule has 0 saturated carbocycles. The Morgan fingerprint density at radius 2 is 2.00 bits per heavy atom. The van der Waals surface area contributed by atoms with Gasteiger partial charge in [-0.3, -0.25) is 14.9 Å². The maximum atomic E-state index is 13.7. The normalized spacial score (nSPS) is 10.2. The predicted molar refractivity (Wildman–Crippen MR) is 72.9 cm³/mol. The van der Waals surface area contributed by atoms with Crippen LogP contribution < -0.4 is 5.32 Å². The molecule has 1 aromatic heterocycles. The lowest BCUT2D eigenvalue weighted by molar-refractivity contribution is -0.384. The fourth-order valence-corrected chi connectivity index (χ4v) is 1.87. The molecule has 0 aliphatic heterocycles. The van der Waals surface area contributed by atoms with E-state index in [0.29, 0.717) is 10.7 Å². The number of aromatic nitrogens is 1. The Morgan fingerprint density at radius 1 is 1.29 bits per heavy atom. The van der Waals surface area contributed by atoms with Crippen LogP contribution in [-0.4, -0.2) is 15.8 Å². The Labute approximate surface area is 125 Å². The van der Waals surface area contributed by atoms with Crippen molar-refractivity contribution in [1.29, 1.82) is 0 Å².